The molecule has 324 valence electrons. The molecule has 0 radical (unpaired) electrons. The van der Waals surface area contributed by atoms with Gasteiger partial charge in [-0.3, -0.25) is 19.2 Å². The maximum absolute atomic E-state index is 14.0. The summed E-state index contributed by atoms with van der Waals surface area (Å²) in [4.78, 5) is 67.3. The van der Waals surface area contributed by atoms with E-state index in [0.29, 0.717) is 33.4 Å². The minimum absolute atomic E-state index is 0.00678. The largest absolute Gasteiger partial charge is 0.460 e. The van der Waals surface area contributed by atoms with E-state index in [1.807, 2.05) is 60.7 Å². The number of nitrogens with zero attached hydrogens (tertiary/aromatic N) is 1. The van der Waals surface area contributed by atoms with Crippen LogP contribution >= 0.6 is 0 Å². The van der Waals surface area contributed by atoms with Crippen molar-refractivity contribution in [3.05, 3.63) is 160 Å². The second kappa shape index (κ2) is 20.0. The van der Waals surface area contributed by atoms with Crippen LogP contribution in [0.4, 0.5) is 0 Å². The van der Waals surface area contributed by atoms with Gasteiger partial charge in [0.2, 0.25) is 17.6 Å². The molecule has 1 fully saturated rings. The van der Waals surface area contributed by atoms with E-state index < -0.39 is 59.5 Å². The van der Waals surface area contributed by atoms with Gasteiger partial charge in [-0.25, -0.2) is 4.79 Å². The van der Waals surface area contributed by atoms with Crippen molar-refractivity contribution in [2.45, 2.75) is 82.3 Å². The molecule has 62 heavy (non-hydrogen) atoms. The van der Waals surface area contributed by atoms with Crippen LogP contribution in [-0.4, -0.2) is 90.3 Å². The SMILES string of the molecule is CN(C)C(=O)C=Cc1ccccc1C(=O)O[C@@H]1CC(C(=O)NCc2cccc(C(=O)N[C@H](CO)CCC(=O)OC(C)(C)C)c2)=C[C@H]2OC(c3ccccc3)(c3ccccc3)O[C@H]21. The van der Waals surface area contributed by atoms with Gasteiger partial charge in [-0.15, -0.1) is 0 Å². The van der Waals surface area contributed by atoms with E-state index in [9.17, 15) is 29.1 Å². The number of benzene rings is 4. The average Bonchev–Trinajstić information content (AvgIpc) is 3.67. The molecule has 3 N–H and O–H groups in total. The van der Waals surface area contributed by atoms with Gasteiger partial charge in [0.15, 0.2) is 0 Å². The first kappa shape index (κ1) is 45.1. The molecular weight excluding hydrogens is 791 g/mol. The molecule has 0 saturated carbocycles. The summed E-state index contributed by atoms with van der Waals surface area (Å²) >= 11 is 0. The fourth-order valence-corrected chi connectivity index (χ4v) is 7.21. The van der Waals surface area contributed by atoms with Gasteiger partial charge in [-0.2, -0.15) is 0 Å². The Hall–Kier alpha value is -6.41. The minimum atomic E-state index is -1.40. The van der Waals surface area contributed by atoms with Crippen LogP contribution in [0, 0.1) is 0 Å². The Kier molecular flexibility index (Phi) is 14.5. The number of carbonyl (C=O) groups is 5. The zero-order valence-corrected chi connectivity index (χ0v) is 35.5. The molecule has 1 heterocycles. The van der Waals surface area contributed by atoms with Gasteiger partial charge in [-0.1, -0.05) is 91.0 Å². The van der Waals surface area contributed by atoms with Crippen molar-refractivity contribution in [3.8, 4) is 0 Å². The minimum Gasteiger partial charge on any atom is -0.460 e. The van der Waals surface area contributed by atoms with Crippen LogP contribution in [0.25, 0.3) is 6.08 Å². The Morgan fingerprint density at radius 2 is 1.53 bits per heavy atom. The van der Waals surface area contributed by atoms with Crippen LogP contribution in [0.15, 0.2) is 127 Å². The highest BCUT2D eigenvalue weighted by molar-refractivity contribution is 5.98. The third-order valence-electron chi connectivity index (χ3n) is 10.3. The number of nitrogens with one attached hydrogen (secondary N) is 2. The summed E-state index contributed by atoms with van der Waals surface area (Å²) in [7, 11) is 3.26. The number of esters is 2. The van der Waals surface area contributed by atoms with Crippen LogP contribution in [0.3, 0.4) is 0 Å². The van der Waals surface area contributed by atoms with E-state index in [1.165, 1.54) is 11.0 Å². The molecule has 1 saturated heterocycles. The Labute approximate surface area is 361 Å². The quantitative estimate of drug-likeness (QED) is 0.0974. The first-order valence-electron chi connectivity index (χ1n) is 20.5. The predicted octanol–water partition coefficient (Wildman–Crippen LogP) is 5.86. The number of fused-ring (bicyclic) bond motifs is 1. The fourth-order valence-electron chi connectivity index (χ4n) is 7.21. The van der Waals surface area contributed by atoms with Crippen LogP contribution in [-0.2, 0) is 45.7 Å². The Morgan fingerprint density at radius 1 is 0.871 bits per heavy atom. The van der Waals surface area contributed by atoms with Gasteiger partial charge in [-0.05, 0) is 68.7 Å². The lowest BCUT2D eigenvalue weighted by Crippen LogP contribution is -2.43. The molecule has 13 heteroatoms. The summed E-state index contributed by atoms with van der Waals surface area (Å²) in [6.07, 6.45) is 2.22. The number of hydrogen-bond acceptors (Lipinski definition) is 10. The van der Waals surface area contributed by atoms with Crippen molar-refractivity contribution in [2.75, 3.05) is 20.7 Å². The summed E-state index contributed by atoms with van der Waals surface area (Å²) in [6, 6.07) is 31.6. The average molecular weight is 844 g/mol. The molecule has 0 bridgehead atoms. The number of likely N-dealkylation sites (N-methyl/N-ethyl adjacent to an activating group) is 1. The molecule has 1 aliphatic carbocycles. The molecule has 13 nitrogen and oxygen atoms in total. The Morgan fingerprint density at radius 3 is 2.18 bits per heavy atom. The van der Waals surface area contributed by atoms with Crippen molar-refractivity contribution in [2.24, 2.45) is 0 Å². The molecule has 6 rings (SSSR count). The first-order chi connectivity index (χ1) is 29.7. The summed E-state index contributed by atoms with van der Waals surface area (Å²) < 4.78 is 25.3. The second-order valence-corrected chi connectivity index (χ2v) is 16.4. The molecule has 0 aromatic heterocycles. The zero-order chi connectivity index (χ0) is 44.4. The molecule has 4 aromatic carbocycles. The third-order valence-corrected chi connectivity index (χ3v) is 10.3. The Balaban J connectivity index is 1.22. The molecule has 1 aliphatic heterocycles. The summed E-state index contributed by atoms with van der Waals surface area (Å²) in [5, 5.41) is 15.6. The zero-order valence-electron chi connectivity index (χ0n) is 35.5. The van der Waals surface area contributed by atoms with Gasteiger partial charge in [0, 0.05) is 61.8 Å². The highest BCUT2D eigenvalue weighted by atomic mass is 16.8. The van der Waals surface area contributed by atoms with E-state index >= 15 is 0 Å². The maximum atomic E-state index is 14.0. The van der Waals surface area contributed by atoms with Crippen molar-refractivity contribution in [3.63, 3.8) is 0 Å². The van der Waals surface area contributed by atoms with Crippen LogP contribution in [0.5, 0.6) is 0 Å². The van der Waals surface area contributed by atoms with Gasteiger partial charge < -0.3 is 39.6 Å². The number of hydrogen-bond donors (Lipinski definition) is 3. The van der Waals surface area contributed by atoms with Crippen molar-refractivity contribution in [1.82, 2.24) is 15.5 Å². The number of rotatable bonds is 15. The lowest BCUT2D eigenvalue weighted by atomic mass is 9.91. The van der Waals surface area contributed by atoms with Crippen molar-refractivity contribution >= 4 is 35.7 Å². The maximum Gasteiger partial charge on any atom is 0.339 e. The second-order valence-electron chi connectivity index (χ2n) is 16.4. The fraction of sp³-hybridized carbons (Fsp3) is 0.327. The van der Waals surface area contributed by atoms with Crippen LogP contribution in [0.1, 0.15) is 83.0 Å². The highest BCUT2D eigenvalue weighted by Gasteiger charge is 2.55. The number of ether oxygens (including phenoxy) is 4. The van der Waals surface area contributed by atoms with E-state index in [-0.39, 0.29) is 43.9 Å². The van der Waals surface area contributed by atoms with E-state index in [4.69, 9.17) is 18.9 Å². The molecule has 0 unspecified atom stereocenters. The molecule has 2 aliphatic rings. The third kappa shape index (κ3) is 11.3. The van der Waals surface area contributed by atoms with Gasteiger partial charge in [0.1, 0.15) is 23.9 Å². The summed E-state index contributed by atoms with van der Waals surface area (Å²) in [5.74, 6) is -3.64. The molecule has 3 amide bonds. The molecule has 4 aromatic rings. The number of aliphatic hydroxyl groups is 1. The lowest BCUT2D eigenvalue weighted by Gasteiger charge is -2.31. The van der Waals surface area contributed by atoms with Crippen molar-refractivity contribution in [1.29, 1.82) is 0 Å². The van der Waals surface area contributed by atoms with Crippen LogP contribution in [0.2, 0.25) is 0 Å². The van der Waals surface area contributed by atoms with Gasteiger partial charge >= 0.3 is 11.9 Å². The number of aliphatic hydroxyl groups excluding tert-OH is 1. The topological polar surface area (TPSA) is 170 Å². The van der Waals surface area contributed by atoms with E-state index in [2.05, 4.69) is 10.6 Å². The molecule has 4 atom stereocenters. The molecular formula is C49H53N3O10. The summed E-state index contributed by atoms with van der Waals surface area (Å²) in [6.45, 7) is 4.98. The van der Waals surface area contributed by atoms with Crippen molar-refractivity contribution < 1.29 is 48.0 Å². The smallest absolute Gasteiger partial charge is 0.339 e. The Bertz CT molecular complexity index is 2260. The lowest BCUT2D eigenvalue weighted by molar-refractivity contribution is -0.157. The summed E-state index contributed by atoms with van der Waals surface area (Å²) in [5.41, 5.74) is 2.71. The van der Waals surface area contributed by atoms with E-state index in [1.54, 1.807) is 95.5 Å². The van der Waals surface area contributed by atoms with Crippen LogP contribution < -0.4 is 10.6 Å². The standard InChI is InChI=1S/C49H53N3O10/c1-48(2,3)61-43(55)26-24-38(31-53)51-46(57)34-17-14-15-32(27-34)30-50-45(56)35-28-40(59-47(58)39-22-13-12-16-33(39)23-25-42(54)52(4)5)44-41(29-35)60-49(62-44,36-18-8-6-9-19-36)37-20-10-7-11-21-37/h6-23,25,27,29,38,40-41,44,53H,24,26,28,30-31H2,1-5H3,(H,50,56)(H,51,57)/t38-,40+,41+,44-/m0/s1. The van der Waals surface area contributed by atoms with E-state index in [0.717, 1.165) is 0 Å². The highest BCUT2D eigenvalue weighted by Crippen LogP contribution is 2.47. The van der Waals surface area contributed by atoms with Gasteiger partial charge in [0.25, 0.3) is 5.91 Å². The first-order valence-corrected chi connectivity index (χ1v) is 20.5. The normalized spacial score (nSPS) is 18.5. The number of amides is 3. The molecule has 0 spiro atoms. The monoisotopic (exact) mass is 843 g/mol. The number of carbonyl (C=O) groups excluding carboxylic acids is 5. The predicted molar refractivity (Wildman–Crippen MR) is 231 cm³/mol. The van der Waals surface area contributed by atoms with Gasteiger partial charge in [0.05, 0.1) is 18.2 Å².